The van der Waals surface area contributed by atoms with Crippen LogP contribution < -0.4 is 10.1 Å². The molecule has 1 aromatic heterocycles. The van der Waals surface area contributed by atoms with Crippen LogP contribution >= 0.6 is 0 Å². The maximum absolute atomic E-state index is 8.95. The highest BCUT2D eigenvalue weighted by molar-refractivity contribution is 5.51. The Labute approximate surface area is 106 Å². The molecule has 1 heterocycles. The van der Waals surface area contributed by atoms with Crippen molar-refractivity contribution in [3.8, 4) is 11.8 Å². The number of nitrogens with one attached hydrogen (secondary N) is 1. The quantitative estimate of drug-likeness (QED) is 0.890. The minimum absolute atomic E-state index is 0.542. The molecule has 0 fully saturated rings. The Kier molecular flexibility index (Phi) is 3.77. The van der Waals surface area contributed by atoms with Gasteiger partial charge in [-0.2, -0.15) is 5.26 Å². The van der Waals surface area contributed by atoms with Crippen molar-refractivity contribution in [3.05, 3.63) is 53.7 Å². The maximum atomic E-state index is 8.95. The van der Waals surface area contributed by atoms with E-state index in [0.717, 1.165) is 11.3 Å². The Morgan fingerprint density at radius 1 is 1.33 bits per heavy atom. The summed E-state index contributed by atoms with van der Waals surface area (Å²) in [4.78, 5) is 4.14. The van der Waals surface area contributed by atoms with E-state index >= 15 is 0 Å². The first-order chi connectivity index (χ1) is 8.83. The van der Waals surface area contributed by atoms with Crippen molar-refractivity contribution in [1.29, 1.82) is 5.26 Å². The molecule has 0 bridgehead atoms. The number of ether oxygens (including phenoxy) is 1. The molecule has 4 heteroatoms. The van der Waals surface area contributed by atoms with Crippen LogP contribution in [0.1, 0.15) is 11.1 Å². The number of nitrogens with zero attached hydrogens (tertiary/aromatic N) is 2. The summed E-state index contributed by atoms with van der Waals surface area (Å²) in [6, 6.07) is 13.3. The number of aromatic nitrogens is 1. The molecule has 90 valence electrons. The van der Waals surface area contributed by atoms with Gasteiger partial charge in [0.2, 0.25) is 0 Å². The second-order valence-electron chi connectivity index (χ2n) is 3.72. The van der Waals surface area contributed by atoms with Crippen LogP contribution in [0.2, 0.25) is 0 Å². The molecule has 0 spiro atoms. The second kappa shape index (κ2) is 5.69. The summed E-state index contributed by atoms with van der Waals surface area (Å²) in [5.74, 6) is 1.42. The number of methoxy groups -OCH3 is 1. The SMILES string of the molecule is COc1cccc(CNc2ncccc2C#N)c1. The highest BCUT2D eigenvalue weighted by Crippen LogP contribution is 2.15. The fraction of sp³-hybridized carbons (Fsp3) is 0.143. The lowest BCUT2D eigenvalue weighted by atomic mass is 10.2. The van der Waals surface area contributed by atoms with Gasteiger partial charge in [0, 0.05) is 12.7 Å². The van der Waals surface area contributed by atoms with Crippen LogP contribution in [0.4, 0.5) is 5.82 Å². The Balaban J connectivity index is 2.09. The van der Waals surface area contributed by atoms with Crippen LogP contribution in [-0.2, 0) is 6.54 Å². The predicted molar refractivity (Wildman–Crippen MR) is 69.3 cm³/mol. The van der Waals surface area contributed by atoms with Gasteiger partial charge >= 0.3 is 0 Å². The molecule has 0 aliphatic rings. The van der Waals surface area contributed by atoms with Gasteiger partial charge in [0.25, 0.3) is 0 Å². The summed E-state index contributed by atoms with van der Waals surface area (Å²) in [7, 11) is 1.64. The van der Waals surface area contributed by atoms with Gasteiger partial charge in [-0.3, -0.25) is 0 Å². The molecule has 1 N–H and O–H groups in total. The largest absolute Gasteiger partial charge is 0.497 e. The Morgan fingerprint density at radius 3 is 3.00 bits per heavy atom. The minimum atomic E-state index is 0.542. The van der Waals surface area contributed by atoms with Gasteiger partial charge in [0.1, 0.15) is 17.6 Å². The van der Waals surface area contributed by atoms with Crippen molar-refractivity contribution in [2.24, 2.45) is 0 Å². The fourth-order valence-electron chi connectivity index (χ4n) is 1.60. The van der Waals surface area contributed by atoms with E-state index in [1.807, 2.05) is 24.3 Å². The molecule has 0 radical (unpaired) electrons. The van der Waals surface area contributed by atoms with Crippen molar-refractivity contribution in [1.82, 2.24) is 4.98 Å². The van der Waals surface area contributed by atoms with Crippen LogP contribution in [-0.4, -0.2) is 12.1 Å². The Hall–Kier alpha value is -2.54. The van der Waals surface area contributed by atoms with E-state index in [0.29, 0.717) is 17.9 Å². The molecule has 2 aromatic rings. The number of rotatable bonds is 4. The zero-order valence-electron chi connectivity index (χ0n) is 10.1. The number of pyridine rings is 1. The molecule has 0 saturated heterocycles. The zero-order valence-corrected chi connectivity index (χ0v) is 10.1. The third-order valence-corrected chi connectivity index (χ3v) is 2.52. The molecule has 0 atom stereocenters. The monoisotopic (exact) mass is 239 g/mol. The van der Waals surface area contributed by atoms with Crippen LogP contribution in [0.15, 0.2) is 42.6 Å². The van der Waals surface area contributed by atoms with Crippen LogP contribution in [0, 0.1) is 11.3 Å². The van der Waals surface area contributed by atoms with Gasteiger partial charge in [-0.15, -0.1) is 0 Å². The highest BCUT2D eigenvalue weighted by Gasteiger charge is 2.02. The van der Waals surface area contributed by atoms with Gasteiger partial charge in [0.05, 0.1) is 12.7 Å². The molecule has 0 amide bonds. The second-order valence-corrected chi connectivity index (χ2v) is 3.72. The fourth-order valence-corrected chi connectivity index (χ4v) is 1.60. The standard InChI is InChI=1S/C14H13N3O/c1-18-13-6-2-4-11(8-13)10-17-14-12(9-15)5-3-7-16-14/h2-8H,10H2,1H3,(H,16,17). The van der Waals surface area contributed by atoms with Crippen molar-refractivity contribution in [2.45, 2.75) is 6.54 Å². The lowest BCUT2D eigenvalue weighted by Gasteiger charge is -2.08. The maximum Gasteiger partial charge on any atom is 0.144 e. The third-order valence-electron chi connectivity index (χ3n) is 2.52. The molecule has 2 rings (SSSR count). The number of nitriles is 1. The van der Waals surface area contributed by atoms with Crippen molar-refractivity contribution in [3.63, 3.8) is 0 Å². The van der Waals surface area contributed by atoms with E-state index in [-0.39, 0.29) is 0 Å². The molecular weight excluding hydrogens is 226 g/mol. The van der Waals surface area contributed by atoms with E-state index in [2.05, 4.69) is 16.4 Å². The summed E-state index contributed by atoms with van der Waals surface area (Å²) < 4.78 is 5.16. The van der Waals surface area contributed by atoms with Crippen molar-refractivity contribution in [2.75, 3.05) is 12.4 Å². The number of hydrogen-bond acceptors (Lipinski definition) is 4. The number of hydrogen-bond donors (Lipinski definition) is 1. The summed E-state index contributed by atoms with van der Waals surface area (Å²) in [6.45, 7) is 0.600. The molecule has 4 nitrogen and oxygen atoms in total. The summed E-state index contributed by atoms with van der Waals surface area (Å²) >= 11 is 0. The first-order valence-electron chi connectivity index (χ1n) is 5.55. The van der Waals surface area contributed by atoms with Crippen LogP contribution in [0.3, 0.4) is 0 Å². The van der Waals surface area contributed by atoms with E-state index in [9.17, 15) is 0 Å². The van der Waals surface area contributed by atoms with E-state index < -0.39 is 0 Å². The average Bonchev–Trinajstić information content (AvgIpc) is 2.45. The summed E-state index contributed by atoms with van der Waals surface area (Å²) in [5.41, 5.74) is 1.62. The topological polar surface area (TPSA) is 57.9 Å². The van der Waals surface area contributed by atoms with Gasteiger partial charge in [-0.1, -0.05) is 12.1 Å². The van der Waals surface area contributed by atoms with Crippen molar-refractivity contribution < 1.29 is 4.74 Å². The lowest BCUT2D eigenvalue weighted by Crippen LogP contribution is -2.03. The third kappa shape index (κ3) is 2.77. The smallest absolute Gasteiger partial charge is 0.144 e. The molecule has 0 aliphatic heterocycles. The summed E-state index contributed by atoms with van der Waals surface area (Å²) in [5, 5.41) is 12.1. The molecule has 18 heavy (non-hydrogen) atoms. The van der Waals surface area contributed by atoms with Gasteiger partial charge in [-0.25, -0.2) is 4.98 Å². The molecule has 1 aromatic carbocycles. The Bertz CT molecular complexity index is 575. The number of anilines is 1. The Morgan fingerprint density at radius 2 is 2.22 bits per heavy atom. The minimum Gasteiger partial charge on any atom is -0.497 e. The van der Waals surface area contributed by atoms with Crippen LogP contribution in [0.25, 0.3) is 0 Å². The predicted octanol–water partition coefficient (Wildman–Crippen LogP) is 2.57. The van der Waals surface area contributed by atoms with Gasteiger partial charge < -0.3 is 10.1 Å². The van der Waals surface area contributed by atoms with Crippen molar-refractivity contribution >= 4 is 5.82 Å². The van der Waals surface area contributed by atoms with E-state index in [4.69, 9.17) is 10.00 Å². The van der Waals surface area contributed by atoms with E-state index in [1.165, 1.54) is 0 Å². The summed E-state index contributed by atoms with van der Waals surface area (Å²) in [6.07, 6.45) is 1.66. The molecular formula is C14H13N3O. The zero-order chi connectivity index (χ0) is 12.8. The van der Waals surface area contributed by atoms with Gasteiger partial charge in [0.15, 0.2) is 0 Å². The molecule has 0 aliphatic carbocycles. The first-order valence-corrected chi connectivity index (χ1v) is 5.55. The van der Waals surface area contributed by atoms with E-state index in [1.54, 1.807) is 25.4 Å². The lowest BCUT2D eigenvalue weighted by molar-refractivity contribution is 0.414. The average molecular weight is 239 g/mol. The van der Waals surface area contributed by atoms with Gasteiger partial charge in [-0.05, 0) is 29.8 Å². The number of benzene rings is 1. The highest BCUT2D eigenvalue weighted by atomic mass is 16.5. The molecule has 0 saturated carbocycles. The normalized spacial score (nSPS) is 9.56. The molecule has 0 unspecified atom stereocenters. The first kappa shape index (κ1) is 11.9. The van der Waals surface area contributed by atoms with Crippen LogP contribution in [0.5, 0.6) is 5.75 Å².